The van der Waals surface area contributed by atoms with Crippen LogP contribution in [0.25, 0.3) is 0 Å². The van der Waals surface area contributed by atoms with Gasteiger partial charge in [-0.05, 0) is 30.5 Å². The van der Waals surface area contributed by atoms with Crippen molar-refractivity contribution < 1.29 is 14.0 Å². The number of aromatic nitrogens is 2. The predicted molar refractivity (Wildman–Crippen MR) is 97.6 cm³/mol. The first-order valence-electron chi connectivity index (χ1n) is 9.52. The third-order valence-electron chi connectivity index (χ3n) is 5.57. The number of rotatable bonds is 3. The summed E-state index contributed by atoms with van der Waals surface area (Å²) < 4.78 is 13.3. The van der Waals surface area contributed by atoms with Crippen LogP contribution in [0.3, 0.4) is 0 Å². The van der Waals surface area contributed by atoms with Crippen molar-refractivity contribution in [2.45, 2.75) is 44.1 Å². The highest BCUT2D eigenvalue weighted by Gasteiger charge is 2.36. The number of carbonyl (C=O) groups excluding carboxylic acids is 2. The number of halogens is 1. The van der Waals surface area contributed by atoms with Crippen LogP contribution in [0.4, 0.5) is 4.39 Å². The molecular weight excluding hydrogens is 347 g/mol. The molecule has 142 valence electrons. The Morgan fingerprint density at radius 2 is 1.89 bits per heavy atom. The molecule has 0 bridgehead atoms. The lowest BCUT2D eigenvalue weighted by Gasteiger charge is -2.35. The smallest absolute Gasteiger partial charge is 0.258 e. The maximum atomic E-state index is 13.3. The van der Waals surface area contributed by atoms with Crippen LogP contribution in [-0.2, 0) is 4.79 Å². The van der Waals surface area contributed by atoms with E-state index in [4.69, 9.17) is 0 Å². The Morgan fingerprint density at radius 1 is 1.15 bits per heavy atom. The monoisotopic (exact) mass is 370 g/mol. The maximum Gasteiger partial charge on any atom is 0.258 e. The molecule has 1 aromatic heterocycles. The first-order chi connectivity index (χ1) is 13.1. The van der Waals surface area contributed by atoms with Gasteiger partial charge in [-0.25, -0.2) is 4.39 Å². The second kappa shape index (κ2) is 7.50. The Morgan fingerprint density at radius 3 is 2.63 bits per heavy atom. The molecule has 2 heterocycles. The summed E-state index contributed by atoms with van der Waals surface area (Å²) in [7, 11) is 0. The van der Waals surface area contributed by atoms with Gasteiger partial charge in [-0.1, -0.05) is 31.4 Å². The van der Waals surface area contributed by atoms with Crippen molar-refractivity contribution in [2.24, 2.45) is 0 Å². The summed E-state index contributed by atoms with van der Waals surface area (Å²) in [6, 6.07) is 4.97. The van der Waals surface area contributed by atoms with Gasteiger partial charge < -0.3 is 10.2 Å². The first-order valence-corrected chi connectivity index (χ1v) is 9.52. The molecule has 2 N–H and O–H groups in total. The summed E-state index contributed by atoms with van der Waals surface area (Å²) in [6.07, 6.45) is 7.20. The van der Waals surface area contributed by atoms with E-state index in [1.54, 1.807) is 23.2 Å². The van der Waals surface area contributed by atoms with Gasteiger partial charge >= 0.3 is 0 Å². The minimum atomic E-state index is -0.763. The quantitative estimate of drug-likeness (QED) is 0.872. The maximum absolute atomic E-state index is 13.3. The van der Waals surface area contributed by atoms with Crippen molar-refractivity contribution in [2.75, 3.05) is 13.1 Å². The predicted octanol–water partition coefficient (Wildman–Crippen LogP) is 2.91. The summed E-state index contributed by atoms with van der Waals surface area (Å²) in [6.45, 7) is 0.806. The van der Waals surface area contributed by atoms with Gasteiger partial charge in [0.25, 0.3) is 5.91 Å². The second-order valence-electron chi connectivity index (χ2n) is 7.28. The number of H-pyrrole nitrogens is 1. The van der Waals surface area contributed by atoms with Crippen LogP contribution in [0, 0.1) is 5.82 Å². The van der Waals surface area contributed by atoms with Gasteiger partial charge in [0.15, 0.2) is 0 Å². The molecule has 1 saturated heterocycles. The van der Waals surface area contributed by atoms with Gasteiger partial charge in [-0.2, -0.15) is 5.10 Å². The number of carbonyl (C=O) groups is 2. The van der Waals surface area contributed by atoms with E-state index in [0.717, 1.165) is 31.4 Å². The summed E-state index contributed by atoms with van der Waals surface area (Å²) >= 11 is 0. The number of benzene rings is 1. The van der Waals surface area contributed by atoms with E-state index in [9.17, 15) is 14.0 Å². The number of amides is 2. The van der Waals surface area contributed by atoms with Crippen LogP contribution in [0.15, 0.2) is 30.5 Å². The van der Waals surface area contributed by atoms with Crippen molar-refractivity contribution in [1.29, 1.82) is 0 Å². The largest absolute Gasteiger partial charge is 0.352 e. The lowest BCUT2D eigenvalue weighted by molar-refractivity contribution is -0.128. The van der Waals surface area contributed by atoms with Crippen LogP contribution >= 0.6 is 0 Å². The minimum Gasteiger partial charge on any atom is -0.352 e. The Kier molecular flexibility index (Phi) is 4.92. The number of nitrogens with one attached hydrogen (secondary N) is 2. The van der Waals surface area contributed by atoms with Gasteiger partial charge in [0, 0.05) is 19.0 Å². The third kappa shape index (κ3) is 3.46. The Labute approximate surface area is 157 Å². The number of aromatic amines is 1. The molecule has 0 unspecified atom stereocenters. The van der Waals surface area contributed by atoms with E-state index >= 15 is 0 Å². The van der Waals surface area contributed by atoms with E-state index in [2.05, 4.69) is 15.5 Å². The molecule has 0 spiro atoms. The molecule has 7 heteroatoms. The topological polar surface area (TPSA) is 78.1 Å². The highest BCUT2D eigenvalue weighted by atomic mass is 19.1. The molecule has 0 radical (unpaired) electrons. The molecule has 2 fully saturated rings. The summed E-state index contributed by atoms with van der Waals surface area (Å²) in [4.78, 5) is 27.4. The zero-order chi connectivity index (χ0) is 18.8. The molecule has 1 atom stereocenters. The van der Waals surface area contributed by atoms with Crippen LogP contribution in [-0.4, -0.2) is 40.0 Å². The fourth-order valence-corrected chi connectivity index (χ4v) is 4.19. The van der Waals surface area contributed by atoms with Crippen LogP contribution in [0.5, 0.6) is 0 Å². The van der Waals surface area contributed by atoms with Gasteiger partial charge in [0.1, 0.15) is 11.9 Å². The van der Waals surface area contributed by atoms with Crippen LogP contribution < -0.4 is 5.32 Å². The standard InChI is InChI=1S/C20H23FN4O2/c21-15-8-6-14(7-9-15)18-19(26)22-10-11-25(18)20(27)16-12-23-24-17(16)13-4-2-1-3-5-13/h6-9,12-13,18H,1-5,10-11H2,(H,22,26)(H,23,24)/t18-/m1/s1. The summed E-state index contributed by atoms with van der Waals surface area (Å²) in [5.41, 5.74) is 2.02. The van der Waals surface area contributed by atoms with Crippen LogP contribution in [0.1, 0.15) is 65.7 Å². The van der Waals surface area contributed by atoms with E-state index in [0.29, 0.717) is 30.1 Å². The Hall–Kier alpha value is -2.70. The fourth-order valence-electron chi connectivity index (χ4n) is 4.19. The number of hydrogen-bond acceptors (Lipinski definition) is 3. The van der Waals surface area contributed by atoms with Gasteiger partial charge in [-0.15, -0.1) is 0 Å². The first kappa shape index (κ1) is 17.7. The van der Waals surface area contributed by atoms with E-state index < -0.39 is 6.04 Å². The molecular formula is C20H23FN4O2. The molecule has 1 aliphatic heterocycles. The summed E-state index contributed by atoms with van der Waals surface area (Å²) in [5.74, 6) is -0.511. The zero-order valence-electron chi connectivity index (χ0n) is 15.1. The molecule has 27 heavy (non-hydrogen) atoms. The lowest BCUT2D eigenvalue weighted by atomic mass is 9.85. The number of nitrogens with zero attached hydrogens (tertiary/aromatic N) is 2. The lowest BCUT2D eigenvalue weighted by Crippen LogP contribution is -2.52. The fraction of sp³-hybridized carbons (Fsp3) is 0.450. The molecule has 6 nitrogen and oxygen atoms in total. The molecule has 1 saturated carbocycles. The normalized spacial score (nSPS) is 21.1. The second-order valence-corrected chi connectivity index (χ2v) is 7.28. The van der Waals surface area contributed by atoms with Crippen molar-refractivity contribution in [3.05, 3.63) is 53.1 Å². The highest BCUT2D eigenvalue weighted by molar-refractivity contribution is 5.99. The molecule has 1 aromatic carbocycles. The van der Waals surface area contributed by atoms with E-state index in [1.807, 2.05) is 0 Å². The zero-order valence-corrected chi connectivity index (χ0v) is 15.1. The Balaban J connectivity index is 1.64. The summed E-state index contributed by atoms with van der Waals surface area (Å²) in [5, 5.41) is 9.94. The van der Waals surface area contributed by atoms with Gasteiger partial charge in [0.05, 0.1) is 17.5 Å². The third-order valence-corrected chi connectivity index (χ3v) is 5.57. The van der Waals surface area contributed by atoms with Crippen molar-refractivity contribution in [3.63, 3.8) is 0 Å². The SMILES string of the molecule is O=C1NCCN(C(=O)c2cn[nH]c2C2CCCCC2)[C@@H]1c1ccc(F)cc1. The molecule has 2 amide bonds. The van der Waals surface area contributed by atoms with Crippen LogP contribution in [0.2, 0.25) is 0 Å². The highest BCUT2D eigenvalue weighted by Crippen LogP contribution is 2.34. The molecule has 2 aliphatic rings. The molecule has 1 aliphatic carbocycles. The van der Waals surface area contributed by atoms with Gasteiger partial charge in [-0.3, -0.25) is 14.7 Å². The van der Waals surface area contributed by atoms with Crippen molar-refractivity contribution >= 4 is 11.8 Å². The van der Waals surface area contributed by atoms with Gasteiger partial charge in [0.2, 0.25) is 5.91 Å². The molecule has 2 aromatic rings. The van der Waals surface area contributed by atoms with Crippen molar-refractivity contribution in [1.82, 2.24) is 20.4 Å². The average molecular weight is 370 g/mol. The Bertz CT molecular complexity index is 827. The minimum absolute atomic E-state index is 0.200. The average Bonchev–Trinajstić information content (AvgIpc) is 3.19. The van der Waals surface area contributed by atoms with E-state index in [1.165, 1.54) is 18.6 Å². The van der Waals surface area contributed by atoms with Crippen molar-refractivity contribution in [3.8, 4) is 0 Å². The number of hydrogen-bond donors (Lipinski definition) is 2. The molecule has 4 rings (SSSR count). The number of piperazine rings is 1. The van der Waals surface area contributed by atoms with E-state index in [-0.39, 0.29) is 17.6 Å².